The number of amides is 3. The van der Waals surface area contributed by atoms with Crippen molar-refractivity contribution in [1.82, 2.24) is 15.5 Å². The van der Waals surface area contributed by atoms with E-state index < -0.39 is 6.04 Å². The molecule has 1 fully saturated rings. The van der Waals surface area contributed by atoms with Crippen molar-refractivity contribution in [3.8, 4) is 0 Å². The van der Waals surface area contributed by atoms with Crippen molar-refractivity contribution in [3.05, 3.63) is 34.9 Å². The lowest BCUT2D eigenvalue weighted by Gasteiger charge is -2.36. The molecule has 0 saturated carbocycles. The van der Waals surface area contributed by atoms with Gasteiger partial charge in [0.1, 0.15) is 12.6 Å². The second-order valence-electron chi connectivity index (χ2n) is 7.40. The smallest absolute Gasteiger partial charge is 0.253 e. The molecule has 3 amide bonds. The zero-order chi connectivity index (χ0) is 21.4. The Labute approximate surface area is 177 Å². The number of benzene rings is 1. The largest absolute Gasteiger partial charge is 0.375 e. The molecule has 1 aliphatic rings. The van der Waals surface area contributed by atoms with Crippen LogP contribution in [0.4, 0.5) is 0 Å². The number of likely N-dealkylation sites (tertiary alicyclic amines) is 1. The number of hydrogen-bond donors (Lipinski definition) is 2. The molecule has 0 spiro atoms. The maximum atomic E-state index is 12.9. The van der Waals surface area contributed by atoms with Gasteiger partial charge in [0.05, 0.1) is 10.6 Å². The van der Waals surface area contributed by atoms with Crippen molar-refractivity contribution in [2.24, 2.45) is 5.92 Å². The van der Waals surface area contributed by atoms with Gasteiger partial charge in [-0.15, -0.1) is 0 Å². The van der Waals surface area contributed by atoms with Crippen LogP contribution in [-0.2, 0) is 14.3 Å². The van der Waals surface area contributed by atoms with Crippen molar-refractivity contribution >= 4 is 29.3 Å². The highest BCUT2D eigenvalue weighted by atomic mass is 35.5. The molecule has 1 saturated heterocycles. The number of carbonyl (C=O) groups is 3. The molecule has 0 aromatic heterocycles. The molecule has 2 rings (SSSR count). The molecule has 0 aliphatic carbocycles. The summed E-state index contributed by atoms with van der Waals surface area (Å²) in [5, 5.41) is 6.18. The first kappa shape index (κ1) is 23.2. The summed E-state index contributed by atoms with van der Waals surface area (Å²) in [5.74, 6) is -0.719. The minimum Gasteiger partial charge on any atom is -0.375 e. The first-order valence-corrected chi connectivity index (χ1v) is 10.4. The van der Waals surface area contributed by atoms with Gasteiger partial charge in [0.2, 0.25) is 11.8 Å². The molecule has 160 valence electrons. The van der Waals surface area contributed by atoms with E-state index in [0.29, 0.717) is 36.5 Å². The van der Waals surface area contributed by atoms with Gasteiger partial charge in [-0.1, -0.05) is 30.7 Å². The van der Waals surface area contributed by atoms with E-state index in [0.717, 1.165) is 6.42 Å². The third-order valence-electron chi connectivity index (χ3n) is 5.32. The number of methoxy groups -OCH3 is 1. The van der Waals surface area contributed by atoms with Crippen LogP contribution in [0, 0.1) is 5.92 Å². The van der Waals surface area contributed by atoms with E-state index in [4.69, 9.17) is 16.3 Å². The number of rotatable bonds is 8. The Hall–Kier alpha value is -2.12. The number of halogens is 1. The van der Waals surface area contributed by atoms with Crippen molar-refractivity contribution in [2.75, 3.05) is 26.8 Å². The zero-order valence-corrected chi connectivity index (χ0v) is 18.0. The lowest BCUT2D eigenvalue weighted by molar-refractivity contribution is -0.136. The molecule has 1 heterocycles. The highest BCUT2D eigenvalue weighted by molar-refractivity contribution is 6.33. The molecule has 1 aliphatic heterocycles. The molecule has 1 aromatic carbocycles. The van der Waals surface area contributed by atoms with Gasteiger partial charge in [-0.3, -0.25) is 14.4 Å². The molecule has 0 radical (unpaired) electrons. The monoisotopic (exact) mass is 423 g/mol. The normalized spacial score (nSPS) is 16.8. The zero-order valence-electron chi connectivity index (χ0n) is 17.2. The van der Waals surface area contributed by atoms with E-state index in [9.17, 15) is 14.4 Å². The number of ether oxygens (including phenoxy) is 1. The number of hydrogen-bond acceptors (Lipinski definition) is 4. The quantitative estimate of drug-likeness (QED) is 0.671. The Morgan fingerprint density at radius 2 is 1.86 bits per heavy atom. The van der Waals surface area contributed by atoms with Gasteiger partial charge >= 0.3 is 0 Å². The number of nitrogens with one attached hydrogen (secondary N) is 2. The summed E-state index contributed by atoms with van der Waals surface area (Å²) in [6, 6.07) is 6.07. The Bertz CT molecular complexity index is 720. The molecular weight excluding hydrogens is 394 g/mol. The van der Waals surface area contributed by atoms with Crippen LogP contribution in [0.2, 0.25) is 5.02 Å². The highest BCUT2D eigenvalue weighted by Crippen LogP contribution is 2.23. The Morgan fingerprint density at radius 1 is 1.21 bits per heavy atom. The molecule has 7 nitrogen and oxygen atoms in total. The van der Waals surface area contributed by atoms with Crippen molar-refractivity contribution < 1.29 is 19.1 Å². The van der Waals surface area contributed by atoms with Crippen LogP contribution in [0.5, 0.6) is 0 Å². The summed E-state index contributed by atoms with van der Waals surface area (Å²) < 4.78 is 4.91. The van der Waals surface area contributed by atoms with Crippen molar-refractivity contribution in [2.45, 2.75) is 45.2 Å². The van der Waals surface area contributed by atoms with Crippen LogP contribution in [-0.4, -0.2) is 61.5 Å². The highest BCUT2D eigenvalue weighted by Gasteiger charge is 2.34. The minimum atomic E-state index is -0.688. The van der Waals surface area contributed by atoms with Gasteiger partial charge in [-0.2, -0.15) is 0 Å². The molecule has 8 heteroatoms. The fourth-order valence-corrected chi connectivity index (χ4v) is 3.62. The lowest BCUT2D eigenvalue weighted by atomic mass is 9.88. The Balaban J connectivity index is 2.11. The molecule has 0 unspecified atom stereocenters. The van der Waals surface area contributed by atoms with Crippen LogP contribution in [0.3, 0.4) is 0 Å². The number of carbonyl (C=O) groups excluding carboxylic acids is 3. The van der Waals surface area contributed by atoms with Crippen molar-refractivity contribution in [3.63, 3.8) is 0 Å². The summed E-state index contributed by atoms with van der Waals surface area (Å²) >= 11 is 6.14. The minimum absolute atomic E-state index is 0.00517. The number of piperidine rings is 1. The van der Waals surface area contributed by atoms with Gasteiger partial charge in [-0.05, 0) is 44.2 Å². The first-order chi connectivity index (χ1) is 13.9. The maximum Gasteiger partial charge on any atom is 0.253 e. The van der Waals surface area contributed by atoms with Crippen LogP contribution in [0.1, 0.15) is 43.5 Å². The van der Waals surface area contributed by atoms with E-state index in [1.807, 2.05) is 13.8 Å². The average Bonchev–Trinajstić information content (AvgIpc) is 2.72. The van der Waals surface area contributed by atoms with E-state index in [2.05, 4.69) is 10.6 Å². The van der Waals surface area contributed by atoms with Crippen LogP contribution < -0.4 is 10.6 Å². The second kappa shape index (κ2) is 11.2. The molecule has 0 bridgehead atoms. The third-order valence-corrected chi connectivity index (χ3v) is 5.65. The number of nitrogens with zero attached hydrogens (tertiary/aromatic N) is 1. The summed E-state index contributed by atoms with van der Waals surface area (Å²) in [5.41, 5.74) is 0.336. The van der Waals surface area contributed by atoms with Crippen molar-refractivity contribution in [1.29, 1.82) is 0 Å². The molecular formula is C21H30ClN3O4. The fourth-order valence-electron chi connectivity index (χ4n) is 3.39. The van der Waals surface area contributed by atoms with Crippen LogP contribution in [0.25, 0.3) is 0 Å². The molecule has 2 atom stereocenters. The van der Waals surface area contributed by atoms with E-state index in [-0.39, 0.29) is 36.3 Å². The second-order valence-corrected chi connectivity index (χ2v) is 7.81. The van der Waals surface area contributed by atoms with E-state index in [1.54, 1.807) is 29.2 Å². The first-order valence-electron chi connectivity index (χ1n) is 9.99. The standard InChI is InChI=1S/C21H30ClN3O4/c1-4-14(2)23-21(28)19(24-20(27)16-7-5-6-8-17(16)22)15-9-11-25(12-10-15)18(26)13-29-3/h5-8,14-15,19H,4,9-13H2,1-3H3,(H,23,28)(H,24,27)/t14-,19+/m0/s1. The van der Waals surface area contributed by atoms with Gasteiger partial charge in [0.25, 0.3) is 5.91 Å². The van der Waals surface area contributed by atoms with E-state index >= 15 is 0 Å². The average molecular weight is 424 g/mol. The predicted molar refractivity (Wildman–Crippen MR) is 112 cm³/mol. The van der Waals surface area contributed by atoms with Gasteiger partial charge in [-0.25, -0.2) is 0 Å². The SMILES string of the molecule is CC[C@H](C)NC(=O)[C@H](NC(=O)c1ccccc1Cl)C1CCN(C(=O)COC)CC1. The van der Waals surface area contributed by atoms with Gasteiger partial charge in [0, 0.05) is 26.2 Å². The summed E-state index contributed by atoms with van der Waals surface area (Å²) in [7, 11) is 1.49. The maximum absolute atomic E-state index is 12.9. The summed E-state index contributed by atoms with van der Waals surface area (Å²) in [6.45, 7) is 5.02. The van der Waals surface area contributed by atoms with Crippen LogP contribution >= 0.6 is 11.6 Å². The molecule has 29 heavy (non-hydrogen) atoms. The molecule has 2 N–H and O–H groups in total. The summed E-state index contributed by atoms with van der Waals surface area (Å²) in [4.78, 5) is 39.5. The fraction of sp³-hybridized carbons (Fsp3) is 0.571. The van der Waals surface area contributed by atoms with Crippen LogP contribution in [0.15, 0.2) is 24.3 Å². The lowest BCUT2D eigenvalue weighted by Crippen LogP contribution is -2.55. The van der Waals surface area contributed by atoms with Gasteiger partial charge < -0.3 is 20.3 Å². The topological polar surface area (TPSA) is 87.7 Å². The Kier molecular flexibility index (Phi) is 8.92. The van der Waals surface area contributed by atoms with Gasteiger partial charge in [0.15, 0.2) is 0 Å². The third kappa shape index (κ3) is 6.44. The van der Waals surface area contributed by atoms with E-state index in [1.165, 1.54) is 7.11 Å². The predicted octanol–water partition coefficient (Wildman–Crippen LogP) is 2.24. The summed E-state index contributed by atoms with van der Waals surface area (Å²) in [6.07, 6.45) is 2.04. The molecule has 1 aromatic rings. The Morgan fingerprint density at radius 3 is 2.45 bits per heavy atom.